The molecule has 0 radical (unpaired) electrons. The first-order valence-corrected chi connectivity index (χ1v) is 10.5. The van der Waals surface area contributed by atoms with Crippen molar-refractivity contribution in [2.45, 2.75) is 19.8 Å². The smallest absolute Gasteiger partial charge is 0.257 e. The summed E-state index contributed by atoms with van der Waals surface area (Å²) in [5.74, 6) is 0.673. The zero-order chi connectivity index (χ0) is 20.1. The van der Waals surface area contributed by atoms with Crippen LogP contribution in [0.1, 0.15) is 30.1 Å². The van der Waals surface area contributed by atoms with Crippen molar-refractivity contribution >= 4 is 32.6 Å². The van der Waals surface area contributed by atoms with Crippen LogP contribution in [0.3, 0.4) is 0 Å². The monoisotopic (exact) mass is 402 g/mol. The molecule has 4 nitrogen and oxygen atoms in total. The minimum Gasteiger partial charge on any atom is -0.494 e. The zero-order valence-corrected chi connectivity index (χ0v) is 17.0. The standard InChI is InChI=1S/C24H22N2O2S/c1-2-3-15-28-20-13-14-21-22(16-20)29-24(25-21)26-23(27)19-11-9-18(10-12-19)17-7-5-4-6-8-17/h4-14,16H,2-3,15H2,1H3,(H,25,26,27). The lowest BCUT2D eigenvalue weighted by molar-refractivity contribution is 0.102. The molecule has 4 aromatic rings. The number of carbonyl (C=O) groups is 1. The Morgan fingerprint density at radius 1 is 1.00 bits per heavy atom. The van der Waals surface area contributed by atoms with Crippen LogP contribution in [0.15, 0.2) is 72.8 Å². The van der Waals surface area contributed by atoms with E-state index in [0.717, 1.165) is 39.9 Å². The lowest BCUT2D eigenvalue weighted by Gasteiger charge is -2.04. The second kappa shape index (κ2) is 8.88. The van der Waals surface area contributed by atoms with E-state index in [1.807, 2.05) is 60.7 Å². The average Bonchev–Trinajstić information content (AvgIpc) is 3.16. The molecule has 0 unspecified atom stereocenters. The van der Waals surface area contributed by atoms with Crippen LogP contribution in [-0.2, 0) is 0 Å². The van der Waals surface area contributed by atoms with Crippen molar-refractivity contribution in [3.8, 4) is 16.9 Å². The summed E-state index contributed by atoms with van der Waals surface area (Å²) in [4.78, 5) is 17.1. The third kappa shape index (κ3) is 4.63. The second-order valence-corrected chi connectivity index (χ2v) is 7.78. The first-order chi connectivity index (χ1) is 14.2. The van der Waals surface area contributed by atoms with E-state index >= 15 is 0 Å². The van der Waals surface area contributed by atoms with Gasteiger partial charge in [0.05, 0.1) is 16.8 Å². The fourth-order valence-electron chi connectivity index (χ4n) is 3.00. The van der Waals surface area contributed by atoms with Gasteiger partial charge in [0, 0.05) is 5.56 Å². The van der Waals surface area contributed by atoms with E-state index in [-0.39, 0.29) is 5.91 Å². The Balaban J connectivity index is 1.45. The van der Waals surface area contributed by atoms with Gasteiger partial charge in [-0.2, -0.15) is 0 Å². The second-order valence-electron chi connectivity index (χ2n) is 6.75. The van der Waals surface area contributed by atoms with Crippen molar-refractivity contribution in [1.82, 2.24) is 4.98 Å². The molecule has 1 N–H and O–H groups in total. The maximum absolute atomic E-state index is 12.6. The lowest BCUT2D eigenvalue weighted by atomic mass is 10.0. The van der Waals surface area contributed by atoms with Gasteiger partial charge in [0.1, 0.15) is 5.75 Å². The number of carbonyl (C=O) groups excluding carboxylic acids is 1. The van der Waals surface area contributed by atoms with Crippen LogP contribution in [0, 0.1) is 0 Å². The van der Waals surface area contributed by atoms with Crippen LogP contribution in [-0.4, -0.2) is 17.5 Å². The van der Waals surface area contributed by atoms with Gasteiger partial charge < -0.3 is 4.74 Å². The summed E-state index contributed by atoms with van der Waals surface area (Å²) in [6.45, 7) is 2.85. The molecular weight excluding hydrogens is 380 g/mol. The van der Waals surface area contributed by atoms with E-state index < -0.39 is 0 Å². The Morgan fingerprint density at radius 2 is 1.76 bits per heavy atom. The van der Waals surface area contributed by atoms with Gasteiger partial charge in [0.15, 0.2) is 5.13 Å². The Hall–Kier alpha value is -3.18. The summed E-state index contributed by atoms with van der Waals surface area (Å²) in [5.41, 5.74) is 3.67. The van der Waals surface area contributed by atoms with Crippen molar-refractivity contribution in [3.05, 3.63) is 78.4 Å². The molecule has 1 aromatic heterocycles. The van der Waals surface area contributed by atoms with Crippen molar-refractivity contribution in [1.29, 1.82) is 0 Å². The number of aromatic nitrogens is 1. The molecule has 0 fully saturated rings. The van der Waals surface area contributed by atoms with Gasteiger partial charge >= 0.3 is 0 Å². The third-order valence-corrected chi connectivity index (χ3v) is 5.53. The predicted octanol–water partition coefficient (Wildman–Crippen LogP) is 6.39. The Kier molecular flexibility index (Phi) is 5.86. The van der Waals surface area contributed by atoms with Crippen molar-refractivity contribution in [2.75, 3.05) is 11.9 Å². The number of unbranched alkanes of at least 4 members (excludes halogenated alkanes) is 1. The predicted molar refractivity (Wildman–Crippen MR) is 120 cm³/mol. The van der Waals surface area contributed by atoms with Crippen molar-refractivity contribution in [3.63, 3.8) is 0 Å². The number of hydrogen-bond acceptors (Lipinski definition) is 4. The Bertz CT molecular complexity index is 1100. The minimum absolute atomic E-state index is 0.164. The highest BCUT2D eigenvalue weighted by atomic mass is 32.1. The molecule has 0 atom stereocenters. The third-order valence-electron chi connectivity index (χ3n) is 4.60. The average molecular weight is 403 g/mol. The van der Waals surface area contributed by atoms with Crippen LogP contribution in [0.4, 0.5) is 5.13 Å². The van der Waals surface area contributed by atoms with E-state index in [9.17, 15) is 4.79 Å². The highest BCUT2D eigenvalue weighted by molar-refractivity contribution is 7.22. The highest BCUT2D eigenvalue weighted by Gasteiger charge is 2.11. The van der Waals surface area contributed by atoms with E-state index in [4.69, 9.17) is 4.74 Å². The summed E-state index contributed by atoms with van der Waals surface area (Å²) in [7, 11) is 0. The molecule has 3 aromatic carbocycles. The number of hydrogen-bond donors (Lipinski definition) is 1. The Morgan fingerprint density at radius 3 is 2.52 bits per heavy atom. The summed E-state index contributed by atoms with van der Waals surface area (Å²) in [6.07, 6.45) is 2.14. The largest absolute Gasteiger partial charge is 0.494 e. The minimum atomic E-state index is -0.164. The number of fused-ring (bicyclic) bond motifs is 1. The van der Waals surface area contributed by atoms with Crippen LogP contribution in [0.25, 0.3) is 21.3 Å². The number of thiazole rings is 1. The summed E-state index contributed by atoms with van der Waals surface area (Å²) in [6, 6.07) is 23.5. The summed E-state index contributed by atoms with van der Waals surface area (Å²) < 4.78 is 6.75. The molecule has 0 aliphatic heterocycles. The first kappa shape index (κ1) is 19.2. The molecule has 146 valence electrons. The van der Waals surface area contributed by atoms with Crippen LogP contribution in [0.5, 0.6) is 5.75 Å². The molecule has 0 aliphatic rings. The molecule has 1 heterocycles. The van der Waals surface area contributed by atoms with Gasteiger partial charge in [0.2, 0.25) is 0 Å². The molecule has 0 saturated carbocycles. The first-order valence-electron chi connectivity index (χ1n) is 9.73. The van der Waals surface area contributed by atoms with E-state index in [0.29, 0.717) is 17.3 Å². The number of benzene rings is 3. The number of amides is 1. The molecule has 29 heavy (non-hydrogen) atoms. The van der Waals surface area contributed by atoms with Crippen LogP contribution >= 0.6 is 11.3 Å². The maximum atomic E-state index is 12.6. The fraction of sp³-hybridized carbons (Fsp3) is 0.167. The topological polar surface area (TPSA) is 51.2 Å². The van der Waals surface area contributed by atoms with Gasteiger partial charge in [-0.05, 0) is 47.9 Å². The molecule has 0 aliphatic carbocycles. The zero-order valence-electron chi connectivity index (χ0n) is 16.2. The number of nitrogens with zero attached hydrogens (tertiary/aromatic N) is 1. The van der Waals surface area contributed by atoms with Gasteiger partial charge in [0.25, 0.3) is 5.91 Å². The van der Waals surface area contributed by atoms with Gasteiger partial charge in [-0.15, -0.1) is 0 Å². The highest BCUT2D eigenvalue weighted by Crippen LogP contribution is 2.30. The van der Waals surface area contributed by atoms with Crippen molar-refractivity contribution < 1.29 is 9.53 Å². The normalized spacial score (nSPS) is 10.8. The molecule has 0 bridgehead atoms. The lowest BCUT2D eigenvalue weighted by Crippen LogP contribution is -2.11. The van der Waals surface area contributed by atoms with Gasteiger partial charge in [-0.25, -0.2) is 4.98 Å². The van der Waals surface area contributed by atoms with E-state index in [1.54, 1.807) is 0 Å². The molecule has 0 saturated heterocycles. The number of nitrogens with one attached hydrogen (secondary N) is 1. The maximum Gasteiger partial charge on any atom is 0.257 e. The van der Waals surface area contributed by atoms with Crippen LogP contribution in [0.2, 0.25) is 0 Å². The molecule has 0 spiro atoms. The van der Waals surface area contributed by atoms with Crippen molar-refractivity contribution in [2.24, 2.45) is 0 Å². The summed E-state index contributed by atoms with van der Waals surface area (Å²) >= 11 is 1.45. The van der Waals surface area contributed by atoms with Gasteiger partial charge in [-0.1, -0.05) is 67.1 Å². The molecule has 1 amide bonds. The SMILES string of the molecule is CCCCOc1ccc2nc(NC(=O)c3ccc(-c4ccccc4)cc3)sc2c1. The van der Waals surface area contributed by atoms with E-state index in [1.165, 1.54) is 11.3 Å². The molecule has 5 heteroatoms. The van der Waals surface area contributed by atoms with Crippen LogP contribution < -0.4 is 10.1 Å². The van der Waals surface area contributed by atoms with E-state index in [2.05, 4.69) is 29.4 Å². The molecule has 4 rings (SSSR count). The van der Waals surface area contributed by atoms with Gasteiger partial charge in [-0.3, -0.25) is 10.1 Å². The number of ether oxygens (including phenoxy) is 1. The number of anilines is 1. The number of rotatable bonds is 7. The quantitative estimate of drug-likeness (QED) is 0.364. The fourth-order valence-corrected chi connectivity index (χ4v) is 3.89. The molecular formula is C24H22N2O2S. The Labute approximate surface area is 174 Å². The summed E-state index contributed by atoms with van der Waals surface area (Å²) in [5, 5.41) is 3.49.